The topological polar surface area (TPSA) is 187 Å². The number of carbonyl (C=O) groups excluding carboxylic acids is 2. The van der Waals surface area contributed by atoms with Gasteiger partial charge in [0.15, 0.2) is 0 Å². The van der Waals surface area contributed by atoms with Crippen LogP contribution in [0.2, 0.25) is 0 Å². The standard InChI is InChI=1S/C4H7NO10S2/c5-2(4(7)15-17(11,12)13)1-3(6)14-16(8,9)10/h2H,1,5H2,(H,8,9,10)(H,11,12,13)/t2-/m0/s1. The van der Waals surface area contributed by atoms with Gasteiger partial charge < -0.3 is 14.1 Å². The molecule has 0 aromatic carbocycles. The molecule has 13 heteroatoms. The van der Waals surface area contributed by atoms with Gasteiger partial charge in [0.25, 0.3) is 0 Å². The number of hydrogen-bond acceptors (Lipinski definition) is 9. The lowest BCUT2D eigenvalue weighted by atomic mass is 10.2. The zero-order valence-corrected chi connectivity index (χ0v) is 9.47. The summed E-state index contributed by atoms with van der Waals surface area (Å²) in [6, 6.07) is -1.90. The first kappa shape index (κ1) is 15.7. The molecular weight excluding hydrogens is 286 g/mol. The van der Waals surface area contributed by atoms with Gasteiger partial charge in [-0.05, 0) is 0 Å². The molecule has 4 N–H and O–H groups in total. The first-order valence-electron chi connectivity index (χ1n) is 3.57. The third kappa shape index (κ3) is 8.52. The van der Waals surface area contributed by atoms with Crippen LogP contribution in [0, 0.1) is 0 Å². The average molecular weight is 293 g/mol. The molecule has 0 aliphatic rings. The van der Waals surface area contributed by atoms with Crippen molar-refractivity contribution in [3.8, 4) is 0 Å². The van der Waals surface area contributed by atoms with E-state index in [-0.39, 0.29) is 0 Å². The van der Waals surface area contributed by atoms with Gasteiger partial charge in [0.1, 0.15) is 6.04 Å². The summed E-state index contributed by atoms with van der Waals surface area (Å²) in [7, 11) is -10.1. The minimum absolute atomic E-state index is 1.09. The zero-order chi connectivity index (χ0) is 13.9. The highest BCUT2D eigenvalue weighted by atomic mass is 32.3. The first-order chi connectivity index (χ1) is 7.41. The van der Waals surface area contributed by atoms with Crippen LogP contribution >= 0.6 is 0 Å². The Kier molecular flexibility index (Phi) is 4.96. The van der Waals surface area contributed by atoms with E-state index in [4.69, 9.17) is 14.8 Å². The number of nitrogens with two attached hydrogens (primary N) is 1. The molecule has 100 valence electrons. The molecule has 0 fully saturated rings. The van der Waals surface area contributed by atoms with Crippen molar-refractivity contribution in [1.29, 1.82) is 0 Å². The first-order valence-corrected chi connectivity index (χ1v) is 6.30. The van der Waals surface area contributed by atoms with Crippen molar-refractivity contribution >= 4 is 32.7 Å². The van der Waals surface area contributed by atoms with Crippen LogP contribution in [0.15, 0.2) is 0 Å². The second kappa shape index (κ2) is 5.37. The van der Waals surface area contributed by atoms with E-state index < -0.39 is 45.2 Å². The van der Waals surface area contributed by atoms with Gasteiger partial charge in [0.05, 0.1) is 6.42 Å². The molecule has 1 atom stereocenters. The second-order valence-corrected chi connectivity index (χ2v) is 4.57. The van der Waals surface area contributed by atoms with Crippen molar-refractivity contribution in [2.75, 3.05) is 0 Å². The van der Waals surface area contributed by atoms with Crippen molar-refractivity contribution in [3.63, 3.8) is 0 Å². The highest BCUT2D eigenvalue weighted by Gasteiger charge is 2.26. The lowest BCUT2D eigenvalue weighted by Crippen LogP contribution is -2.36. The summed E-state index contributed by atoms with van der Waals surface area (Å²) in [5.74, 6) is -3.33. The largest absolute Gasteiger partial charge is 0.449 e. The summed E-state index contributed by atoms with van der Waals surface area (Å²) in [6.07, 6.45) is -1.09. The van der Waals surface area contributed by atoms with E-state index in [1.807, 2.05) is 0 Å². The van der Waals surface area contributed by atoms with E-state index in [0.717, 1.165) is 0 Å². The summed E-state index contributed by atoms with van der Waals surface area (Å²) in [5, 5.41) is 0. The molecule has 0 radical (unpaired) electrons. The number of carbonyl (C=O) groups is 2. The van der Waals surface area contributed by atoms with E-state index in [0.29, 0.717) is 0 Å². The Balaban J connectivity index is 4.41. The molecule has 0 saturated heterocycles. The molecule has 0 saturated carbocycles. The summed E-state index contributed by atoms with van der Waals surface area (Å²) in [6.45, 7) is 0. The number of rotatable bonds is 5. The normalized spacial score (nSPS) is 13.8. The molecule has 0 aromatic heterocycles. The monoisotopic (exact) mass is 293 g/mol. The maximum absolute atomic E-state index is 10.8. The van der Waals surface area contributed by atoms with Gasteiger partial charge in [-0.15, -0.1) is 0 Å². The molecule has 0 unspecified atom stereocenters. The van der Waals surface area contributed by atoms with Gasteiger partial charge in [0, 0.05) is 0 Å². The summed E-state index contributed by atoms with van der Waals surface area (Å²) in [5.41, 5.74) is 4.92. The van der Waals surface area contributed by atoms with E-state index in [1.54, 1.807) is 0 Å². The van der Waals surface area contributed by atoms with Gasteiger partial charge >= 0.3 is 32.7 Å². The van der Waals surface area contributed by atoms with E-state index >= 15 is 0 Å². The summed E-state index contributed by atoms with van der Waals surface area (Å²) in [4.78, 5) is 21.4. The van der Waals surface area contributed by atoms with Crippen molar-refractivity contribution in [1.82, 2.24) is 0 Å². The highest BCUT2D eigenvalue weighted by Crippen LogP contribution is 2.00. The van der Waals surface area contributed by atoms with Crippen LogP contribution in [0.1, 0.15) is 6.42 Å². The lowest BCUT2D eigenvalue weighted by Gasteiger charge is -2.07. The minimum Gasteiger partial charge on any atom is -0.325 e. The molecule has 0 amide bonds. The van der Waals surface area contributed by atoms with Crippen LogP contribution in [-0.4, -0.2) is 43.9 Å². The van der Waals surface area contributed by atoms with Crippen LogP contribution in [0.5, 0.6) is 0 Å². The van der Waals surface area contributed by atoms with E-state index in [1.165, 1.54) is 0 Å². The maximum Gasteiger partial charge on any atom is 0.449 e. The van der Waals surface area contributed by atoms with Gasteiger partial charge in [-0.2, -0.15) is 16.8 Å². The SMILES string of the molecule is N[C@@H](CC(=O)OS(=O)(=O)O)C(=O)OS(=O)(=O)O. The maximum atomic E-state index is 10.8. The molecule has 17 heavy (non-hydrogen) atoms. The Hall–Kier alpha value is -1.28. The predicted molar refractivity (Wildman–Crippen MR) is 47.9 cm³/mol. The fourth-order valence-corrected chi connectivity index (χ4v) is 1.21. The van der Waals surface area contributed by atoms with Crippen molar-refractivity contribution in [2.45, 2.75) is 12.5 Å². The highest BCUT2D eigenvalue weighted by molar-refractivity contribution is 7.81. The third-order valence-corrected chi connectivity index (χ3v) is 1.85. The molecule has 0 heterocycles. The Morgan fingerprint density at radius 1 is 1.06 bits per heavy atom. The minimum atomic E-state index is -5.09. The van der Waals surface area contributed by atoms with Crippen LogP contribution < -0.4 is 5.73 Å². The quantitative estimate of drug-likeness (QED) is 0.450. The van der Waals surface area contributed by atoms with Crippen molar-refractivity contribution in [3.05, 3.63) is 0 Å². The molecule has 0 aromatic rings. The van der Waals surface area contributed by atoms with Gasteiger partial charge in [0.2, 0.25) is 0 Å². The van der Waals surface area contributed by atoms with Gasteiger partial charge in [-0.3, -0.25) is 13.9 Å². The molecule has 0 bridgehead atoms. The van der Waals surface area contributed by atoms with Gasteiger partial charge in [-0.25, -0.2) is 4.79 Å². The molecule has 0 aliphatic heterocycles. The second-order valence-electron chi connectivity index (χ2n) is 2.52. The van der Waals surface area contributed by atoms with Crippen LogP contribution in [0.4, 0.5) is 0 Å². The van der Waals surface area contributed by atoms with E-state index in [2.05, 4.69) is 8.37 Å². The van der Waals surface area contributed by atoms with Crippen molar-refractivity contribution in [2.24, 2.45) is 5.73 Å². The lowest BCUT2D eigenvalue weighted by molar-refractivity contribution is -0.142. The van der Waals surface area contributed by atoms with Crippen LogP contribution in [-0.2, 0) is 38.8 Å². The molecule has 0 aliphatic carbocycles. The Morgan fingerprint density at radius 2 is 1.47 bits per heavy atom. The Bertz CT molecular complexity index is 502. The van der Waals surface area contributed by atoms with Crippen LogP contribution in [0.25, 0.3) is 0 Å². The number of hydrogen-bond donors (Lipinski definition) is 3. The third-order valence-electron chi connectivity index (χ3n) is 1.08. The zero-order valence-electron chi connectivity index (χ0n) is 7.84. The van der Waals surface area contributed by atoms with E-state index in [9.17, 15) is 26.4 Å². The molecule has 0 spiro atoms. The van der Waals surface area contributed by atoms with Crippen molar-refractivity contribution < 1.29 is 43.9 Å². The molecule has 0 rings (SSSR count). The van der Waals surface area contributed by atoms with Gasteiger partial charge in [-0.1, -0.05) is 0 Å². The summed E-state index contributed by atoms with van der Waals surface area (Å²) < 4.78 is 63.1. The smallest absolute Gasteiger partial charge is 0.325 e. The summed E-state index contributed by atoms with van der Waals surface area (Å²) >= 11 is 0. The Morgan fingerprint density at radius 3 is 1.82 bits per heavy atom. The predicted octanol–water partition coefficient (Wildman–Crippen LogP) is -2.60. The van der Waals surface area contributed by atoms with Crippen LogP contribution in [0.3, 0.4) is 0 Å². The average Bonchev–Trinajstić information content (AvgIpc) is 1.95. The fourth-order valence-electron chi connectivity index (χ4n) is 0.580. The molecule has 11 nitrogen and oxygen atoms in total. The Labute approximate surface area is 95.4 Å². The fraction of sp³-hybridized carbons (Fsp3) is 0.500. The molecular formula is C4H7NO10S2.